The topological polar surface area (TPSA) is 125 Å². The van der Waals surface area contributed by atoms with Crippen LogP contribution in [0, 0.1) is 11.7 Å². The first-order chi connectivity index (χ1) is 22.5. The van der Waals surface area contributed by atoms with E-state index in [1.54, 1.807) is 18.2 Å². The van der Waals surface area contributed by atoms with Crippen molar-refractivity contribution in [2.45, 2.75) is 31.8 Å². The minimum absolute atomic E-state index is 0.0116. The zero-order chi connectivity index (χ0) is 31.7. The molecule has 14 heteroatoms. The van der Waals surface area contributed by atoms with Crippen molar-refractivity contribution in [1.82, 2.24) is 25.2 Å². The number of hydrazone groups is 1. The van der Waals surface area contributed by atoms with Crippen LogP contribution in [0.15, 0.2) is 41.8 Å². The van der Waals surface area contributed by atoms with Crippen molar-refractivity contribution in [2.24, 2.45) is 11.0 Å². The first kappa shape index (κ1) is 32.3. The highest BCUT2D eigenvalue weighted by molar-refractivity contribution is 6.31. The van der Waals surface area contributed by atoms with Crippen LogP contribution in [-0.2, 0) is 9.47 Å². The predicted molar refractivity (Wildman–Crippen MR) is 176 cm³/mol. The lowest BCUT2D eigenvalue weighted by molar-refractivity contribution is 0.0357. The van der Waals surface area contributed by atoms with Gasteiger partial charge in [0, 0.05) is 42.9 Å². The van der Waals surface area contributed by atoms with Crippen molar-refractivity contribution >= 4 is 51.9 Å². The van der Waals surface area contributed by atoms with Gasteiger partial charge in [0.1, 0.15) is 29.8 Å². The number of urea groups is 1. The molecule has 3 aliphatic rings. The normalized spacial score (nSPS) is 19.9. The minimum Gasteiger partial charge on any atom is -0.486 e. The molecule has 12 nitrogen and oxygen atoms in total. The number of benzene rings is 2. The molecule has 4 heterocycles. The summed E-state index contributed by atoms with van der Waals surface area (Å²) in [5, 5.41) is 10.9. The fraction of sp³-hybridized carbons (Fsp3) is 0.500. The molecular weight excluding hydrogens is 615 g/mol. The Labute approximate surface area is 272 Å². The number of fused-ring (bicyclic) bond motifs is 1. The number of aromatic nitrogens is 2. The van der Waals surface area contributed by atoms with Crippen molar-refractivity contribution in [2.75, 3.05) is 76.3 Å². The molecule has 3 N–H and O–H groups in total. The summed E-state index contributed by atoms with van der Waals surface area (Å²) in [6, 6.07) is 7.31. The summed E-state index contributed by atoms with van der Waals surface area (Å²) in [7, 11) is 0. The summed E-state index contributed by atoms with van der Waals surface area (Å²) in [6.07, 6.45) is 7.02. The third-order valence-electron chi connectivity index (χ3n) is 8.48. The Morgan fingerprint density at radius 2 is 1.85 bits per heavy atom. The molecule has 3 aromatic rings. The monoisotopic (exact) mass is 654 g/mol. The van der Waals surface area contributed by atoms with Crippen LogP contribution in [0.2, 0.25) is 5.02 Å². The molecule has 3 aliphatic heterocycles. The molecule has 6 rings (SSSR count). The zero-order valence-electron chi connectivity index (χ0n) is 25.7. The molecule has 246 valence electrons. The highest BCUT2D eigenvalue weighted by Crippen LogP contribution is 2.35. The van der Waals surface area contributed by atoms with E-state index in [0.29, 0.717) is 53.0 Å². The molecule has 0 spiro atoms. The van der Waals surface area contributed by atoms with Gasteiger partial charge in [0.2, 0.25) is 0 Å². The molecular formula is C32H40ClFN8O4. The molecule has 3 fully saturated rings. The second-order valence-corrected chi connectivity index (χ2v) is 12.2. The fourth-order valence-corrected chi connectivity index (χ4v) is 6.08. The van der Waals surface area contributed by atoms with Crippen molar-refractivity contribution in [3.05, 3.63) is 47.5 Å². The highest BCUT2D eigenvalue weighted by Gasteiger charge is 2.22. The third kappa shape index (κ3) is 8.80. The zero-order valence-corrected chi connectivity index (χ0v) is 26.5. The van der Waals surface area contributed by atoms with Crippen molar-refractivity contribution in [1.29, 1.82) is 0 Å². The van der Waals surface area contributed by atoms with Gasteiger partial charge < -0.3 is 29.7 Å². The quantitative estimate of drug-likeness (QED) is 0.196. The number of likely N-dealkylation sites (tertiary alicyclic amines) is 1. The highest BCUT2D eigenvalue weighted by atomic mass is 35.5. The number of piperidine rings is 1. The number of carbonyl (C=O) groups excluding carboxylic acids is 1. The molecule has 0 aliphatic carbocycles. The third-order valence-corrected chi connectivity index (χ3v) is 8.77. The van der Waals surface area contributed by atoms with Gasteiger partial charge in [-0.15, -0.1) is 0 Å². The van der Waals surface area contributed by atoms with Gasteiger partial charge in [-0.05, 0) is 75.6 Å². The number of halogens is 2. The number of anilines is 3. The van der Waals surface area contributed by atoms with E-state index in [1.807, 2.05) is 6.21 Å². The van der Waals surface area contributed by atoms with E-state index >= 15 is 0 Å². The van der Waals surface area contributed by atoms with Crippen molar-refractivity contribution in [3.8, 4) is 5.75 Å². The van der Waals surface area contributed by atoms with Crippen molar-refractivity contribution in [3.63, 3.8) is 0 Å². The first-order valence-corrected chi connectivity index (χ1v) is 16.3. The van der Waals surface area contributed by atoms with Crippen LogP contribution in [0.4, 0.5) is 26.4 Å². The van der Waals surface area contributed by atoms with E-state index in [-0.39, 0.29) is 11.1 Å². The van der Waals surface area contributed by atoms with Gasteiger partial charge in [0.05, 0.1) is 42.7 Å². The Morgan fingerprint density at radius 1 is 1.04 bits per heavy atom. The molecule has 0 saturated carbocycles. The average Bonchev–Trinajstić information content (AvgIpc) is 3.58. The van der Waals surface area contributed by atoms with Crippen LogP contribution in [0.3, 0.4) is 0 Å². The van der Waals surface area contributed by atoms with Crippen LogP contribution in [0.25, 0.3) is 10.9 Å². The predicted octanol–water partition coefficient (Wildman–Crippen LogP) is 4.88. The number of hydrogen-bond acceptors (Lipinski definition) is 10. The average molecular weight is 655 g/mol. The van der Waals surface area contributed by atoms with Crippen LogP contribution in [-0.4, -0.2) is 104 Å². The van der Waals surface area contributed by atoms with Crippen LogP contribution in [0.1, 0.15) is 25.7 Å². The van der Waals surface area contributed by atoms with Crippen LogP contribution >= 0.6 is 11.6 Å². The van der Waals surface area contributed by atoms with E-state index in [0.717, 1.165) is 71.7 Å². The summed E-state index contributed by atoms with van der Waals surface area (Å²) in [6.45, 7) is 9.09. The van der Waals surface area contributed by atoms with Gasteiger partial charge in [0.15, 0.2) is 0 Å². The van der Waals surface area contributed by atoms with Gasteiger partial charge in [0.25, 0.3) is 0 Å². The summed E-state index contributed by atoms with van der Waals surface area (Å²) in [5.41, 5.74) is 4.18. The number of rotatable bonds is 11. The molecule has 2 amide bonds. The van der Waals surface area contributed by atoms with Crippen LogP contribution < -0.4 is 20.8 Å². The van der Waals surface area contributed by atoms with Crippen LogP contribution in [0.5, 0.6) is 5.75 Å². The Morgan fingerprint density at radius 3 is 2.61 bits per heavy atom. The van der Waals surface area contributed by atoms with Crippen molar-refractivity contribution < 1.29 is 23.4 Å². The van der Waals surface area contributed by atoms with Gasteiger partial charge >= 0.3 is 6.03 Å². The molecule has 0 bridgehead atoms. The first-order valence-electron chi connectivity index (χ1n) is 15.9. The Bertz CT molecular complexity index is 1510. The maximum Gasteiger partial charge on any atom is 0.339 e. The largest absolute Gasteiger partial charge is 0.486 e. The van der Waals surface area contributed by atoms with Gasteiger partial charge in [-0.3, -0.25) is 4.90 Å². The Hall–Kier alpha value is -3.62. The van der Waals surface area contributed by atoms with Gasteiger partial charge in [-0.2, -0.15) is 5.10 Å². The smallest absolute Gasteiger partial charge is 0.339 e. The lowest BCUT2D eigenvalue weighted by Crippen LogP contribution is -2.39. The molecule has 1 aromatic heterocycles. The van der Waals surface area contributed by atoms with Gasteiger partial charge in [-0.25, -0.2) is 24.6 Å². The number of nitrogens with zero attached hydrogens (tertiary/aromatic N) is 5. The maximum absolute atomic E-state index is 13.7. The maximum atomic E-state index is 13.7. The van der Waals surface area contributed by atoms with E-state index in [4.69, 9.17) is 25.8 Å². The fourth-order valence-electron chi connectivity index (χ4n) is 5.89. The number of morpholine rings is 1. The summed E-state index contributed by atoms with van der Waals surface area (Å²) < 4.78 is 30.8. The van der Waals surface area contributed by atoms with E-state index < -0.39 is 11.8 Å². The number of carbonyl (C=O) groups is 1. The number of amides is 2. The Balaban J connectivity index is 1.06. The SMILES string of the molecule is O=C(N/N=C/C1CCN(CCCN2CCOCC2)CC1)Nc1cc2c(Nc3ccc(F)c(Cl)c3)ncnc2cc1OC1CCOC1. The molecule has 2 aromatic carbocycles. The standard InChI is InChI=1S/C32H40ClFN8O4/c33-26-16-23(2-3-27(26)34)38-31-25-17-29(30(18-28(25)35-21-36-31)46-24-6-13-45-20-24)39-32(43)40-37-19-22-4-9-41(10-5-22)7-1-8-42-11-14-44-15-12-42/h2-3,16-19,21-22,24H,1,4-15,20H2,(H,35,36,38)(H2,39,40,43)/b37-19+. The molecule has 1 unspecified atom stereocenters. The molecule has 0 radical (unpaired) electrons. The van der Waals surface area contributed by atoms with E-state index in [2.05, 4.69) is 40.9 Å². The summed E-state index contributed by atoms with van der Waals surface area (Å²) >= 11 is 5.98. The molecule has 1 atom stereocenters. The minimum atomic E-state index is -0.516. The van der Waals surface area contributed by atoms with Gasteiger partial charge in [-0.1, -0.05) is 11.6 Å². The van der Waals surface area contributed by atoms with E-state index in [9.17, 15) is 9.18 Å². The summed E-state index contributed by atoms with van der Waals surface area (Å²) in [4.78, 5) is 26.8. The lowest BCUT2D eigenvalue weighted by atomic mass is 9.98. The molecule has 46 heavy (non-hydrogen) atoms. The molecule has 3 saturated heterocycles. The summed E-state index contributed by atoms with van der Waals surface area (Å²) in [5.74, 6) is 0.705. The second kappa shape index (κ2) is 15.8. The number of ether oxygens (including phenoxy) is 3. The van der Waals surface area contributed by atoms with E-state index in [1.165, 1.54) is 24.9 Å². The number of hydrogen-bond donors (Lipinski definition) is 3. The lowest BCUT2D eigenvalue weighted by Gasteiger charge is -2.31. The second-order valence-electron chi connectivity index (χ2n) is 11.8. The number of nitrogens with one attached hydrogen (secondary N) is 3. The Kier molecular flexibility index (Phi) is 11.1.